The molecule has 0 aliphatic rings. The second kappa shape index (κ2) is 5.97. The van der Waals surface area contributed by atoms with Crippen LogP contribution in [0.3, 0.4) is 0 Å². The number of benzene rings is 2. The van der Waals surface area contributed by atoms with Gasteiger partial charge < -0.3 is 9.88 Å². The lowest BCUT2D eigenvalue weighted by atomic mass is 10.3. The molecule has 0 saturated heterocycles. The van der Waals surface area contributed by atoms with E-state index in [2.05, 4.69) is 10.3 Å². The largest absolute Gasteiger partial charge is 0.322 e. The minimum atomic E-state index is -0.443. The standard InChI is InChI=1S/C17H16FN3O/c1-2-16-19-14-9-5-6-10-15(14)21(16)11-17(22)20-13-8-4-3-7-12(13)18/h3-10H,2,11H2,1H3,(H,20,22). The van der Waals surface area contributed by atoms with Gasteiger partial charge in [-0.1, -0.05) is 31.2 Å². The van der Waals surface area contributed by atoms with E-state index in [9.17, 15) is 9.18 Å². The number of carbonyl (C=O) groups excluding carboxylic acids is 1. The first-order chi connectivity index (χ1) is 10.7. The number of aryl methyl sites for hydroxylation is 1. The summed E-state index contributed by atoms with van der Waals surface area (Å²) >= 11 is 0. The Morgan fingerprint density at radius 1 is 1.18 bits per heavy atom. The lowest BCUT2D eigenvalue weighted by Crippen LogP contribution is -2.20. The number of amides is 1. The minimum absolute atomic E-state index is 0.109. The summed E-state index contributed by atoms with van der Waals surface area (Å²) in [6.45, 7) is 2.10. The van der Waals surface area contributed by atoms with Crippen LogP contribution in [-0.2, 0) is 17.8 Å². The summed E-state index contributed by atoms with van der Waals surface area (Å²) in [5, 5.41) is 2.60. The smallest absolute Gasteiger partial charge is 0.244 e. The Bertz CT molecular complexity index is 826. The first-order valence-electron chi connectivity index (χ1n) is 7.17. The van der Waals surface area contributed by atoms with Crippen molar-refractivity contribution in [3.63, 3.8) is 0 Å². The average Bonchev–Trinajstić information content (AvgIpc) is 2.87. The summed E-state index contributed by atoms with van der Waals surface area (Å²) in [6, 6.07) is 13.8. The fourth-order valence-electron chi connectivity index (χ4n) is 2.47. The molecule has 0 atom stereocenters. The van der Waals surface area contributed by atoms with Gasteiger partial charge in [-0.25, -0.2) is 9.37 Å². The topological polar surface area (TPSA) is 46.9 Å². The van der Waals surface area contributed by atoms with Crippen LogP contribution in [0.1, 0.15) is 12.7 Å². The van der Waals surface area contributed by atoms with E-state index in [1.165, 1.54) is 6.07 Å². The van der Waals surface area contributed by atoms with Crippen molar-refractivity contribution in [2.75, 3.05) is 5.32 Å². The number of aromatic nitrogens is 2. The van der Waals surface area contributed by atoms with E-state index >= 15 is 0 Å². The van der Waals surface area contributed by atoms with Crippen molar-refractivity contribution >= 4 is 22.6 Å². The third kappa shape index (κ3) is 2.70. The fraction of sp³-hybridized carbons (Fsp3) is 0.176. The van der Waals surface area contributed by atoms with Crippen LogP contribution < -0.4 is 5.32 Å². The van der Waals surface area contributed by atoms with Crippen LogP contribution >= 0.6 is 0 Å². The maximum Gasteiger partial charge on any atom is 0.244 e. The monoisotopic (exact) mass is 297 g/mol. The van der Waals surface area contributed by atoms with Gasteiger partial charge in [0.15, 0.2) is 0 Å². The summed E-state index contributed by atoms with van der Waals surface area (Å²) in [5.74, 6) is 0.120. The number of hydrogen-bond donors (Lipinski definition) is 1. The van der Waals surface area contributed by atoms with E-state index in [1.54, 1.807) is 18.2 Å². The molecule has 1 aromatic heterocycles. The number of fused-ring (bicyclic) bond motifs is 1. The van der Waals surface area contributed by atoms with Crippen LogP contribution in [0.2, 0.25) is 0 Å². The summed E-state index contributed by atoms with van der Waals surface area (Å²) in [5.41, 5.74) is 1.95. The Balaban J connectivity index is 1.86. The maximum absolute atomic E-state index is 13.6. The number of nitrogens with one attached hydrogen (secondary N) is 1. The zero-order valence-electron chi connectivity index (χ0n) is 12.2. The van der Waals surface area contributed by atoms with Gasteiger partial charge in [0, 0.05) is 6.42 Å². The van der Waals surface area contributed by atoms with Gasteiger partial charge in [-0.15, -0.1) is 0 Å². The first kappa shape index (κ1) is 14.3. The molecule has 0 fully saturated rings. The number of imidazole rings is 1. The summed E-state index contributed by atoms with van der Waals surface area (Å²) in [6.07, 6.45) is 0.724. The van der Waals surface area contributed by atoms with Crippen LogP contribution in [-0.4, -0.2) is 15.5 Å². The highest BCUT2D eigenvalue weighted by Crippen LogP contribution is 2.17. The molecule has 0 radical (unpaired) electrons. The number of para-hydroxylation sites is 3. The van der Waals surface area contributed by atoms with Crippen molar-refractivity contribution in [3.8, 4) is 0 Å². The van der Waals surface area contributed by atoms with Gasteiger partial charge in [-0.05, 0) is 24.3 Å². The third-order valence-corrected chi connectivity index (χ3v) is 3.50. The molecule has 1 amide bonds. The molecule has 0 aliphatic heterocycles. The van der Waals surface area contributed by atoms with Crippen LogP contribution in [0.25, 0.3) is 11.0 Å². The molecular weight excluding hydrogens is 281 g/mol. The van der Waals surface area contributed by atoms with Gasteiger partial charge >= 0.3 is 0 Å². The summed E-state index contributed by atoms with van der Waals surface area (Å²) in [4.78, 5) is 16.7. The molecule has 22 heavy (non-hydrogen) atoms. The normalized spacial score (nSPS) is 10.8. The number of halogens is 1. The van der Waals surface area contributed by atoms with Gasteiger partial charge in [-0.2, -0.15) is 0 Å². The summed E-state index contributed by atoms with van der Waals surface area (Å²) in [7, 11) is 0. The van der Waals surface area contributed by atoms with Crippen molar-refractivity contribution < 1.29 is 9.18 Å². The highest BCUT2D eigenvalue weighted by molar-refractivity contribution is 5.91. The van der Waals surface area contributed by atoms with E-state index < -0.39 is 5.82 Å². The van der Waals surface area contributed by atoms with Crippen molar-refractivity contribution in [2.45, 2.75) is 19.9 Å². The van der Waals surface area contributed by atoms with Gasteiger partial charge in [0.05, 0.1) is 16.7 Å². The molecule has 1 N–H and O–H groups in total. The molecule has 0 bridgehead atoms. The van der Waals surface area contributed by atoms with E-state index in [-0.39, 0.29) is 18.1 Å². The molecule has 4 nitrogen and oxygen atoms in total. The lowest BCUT2D eigenvalue weighted by molar-refractivity contribution is -0.116. The molecular formula is C17H16FN3O. The Hall–Kier alpha value is -2.69. The van der Waals surface area contributed by atoms with Crippen LogP contribution in [0.4, 0.5) is 10.1 Å². The number of rotatable bonds is 4. The number of carbonyl (C=O) groups is 1. The number of nitrogens with zero attached hydrogens (tertiary/aromatic N) is 2. The maximum atomic E-state index is 13.6. The Morgan fingerprint density at radius 3 is 2.68 bits per heavy atom. The SMILES string of the molecule is CCc1nc2ccccc2n1CC(=O)Nc1ccccc1F. The second-order valence-electron chi connectivity index (χ2n) is 4.98. The Labute approximate surface area is 127 Å². The molecule has 3 rings (SSSR count). The fourth-order valence-corrected chi connectivity index (χ4v) is 2.47. The second-order valence-corrected chi connectivity index (χ2v) is 4.98. The van der Waals surface area contributed by atoms with E-state index in [0.29, 0.717) is 0 Å². The molecule has 5 heteroatoms. The molecule has 0 aliphatic carbocycles. The van der Waals surface area contributed by atoms with Gasteiger partial charge in [-0.3, -0.25) is 4.79 Å². The van der Waals surface area contributed by atoms with Gasteiger partial charge in [0.2, 0.25) is 5.91 Å². The van der Waals surface area contributed by atoms with Crippen molar-refractivity contribution in [3.05, 3.63) is 60.2 Å². The molecule has 1 heterocycles. The van der Waals surface area contributed by atoms with E-state index in [4.69, 9.17) is 0 Å². The highest BCUT2D eigenvalue weighted by atomic mass is 19.1. The third-order valence-electron chi connectivity index (χ3n) is 3.50. The molecule has 0 spiro atoms. The molecule has 112 valence electrons. The van der Waals surface area contributed by atoms with Crippen molar-refractivity contribution in [2.24, 2.45) is 0 Å². The Kier molecular flexibility index (Phi) is 3.87. The quantitative estimate of drug-likeness (QED) is 0.802. The average molecular weight is 297 g/mol. The zero-order chi connectivity index (χ0) is 15.5. The van der Waals surface area contributed by atoms with Crippen molar-refractivity contribution in [1.82, 2.24) is 9.55 Å². The molecule has 0 saturated carbocycles. The Morgan fingerprint density at radius 2 is 1.91 bits per heavy atom. The molecule has 2 aromatic carbocycles. The molecule has 0 unspecified atom stereocenters. The zero-order valence-corrected chi connectivity index (χ0v) is 12.2. The van der Waals surface area contributed by atoms with Crippen LogP contribution in [0.15, 0.2) is 48.5 Å². The van der Waals surface area contributed by atoms with Gasteiger partial charge in [0.1, 0.15) is 18.2 Å². The van der Waals surface area contributed by atoms with Crippen LogP contribution in [0, 0.1) is 5.82 Å². The molecule has 3 aromatic rings. The highest BCUT2D eigenvalue weighted by Gasteiger charge is 2.13. The van der Waals surface area contributed by atoms with E-state index in [0.717, 1.165) is 23.3 Å². The number of anilines is 1. The predicted molar refractivity (Wildman–Crippen MR) is 84.1 cm³/mol. The lowest BCUT2D eigenvalue weighted by Gasteiger charge is -2.09. The van der Waals surface area contributed by atoms with Crippen LogP contribution in [0.5, 0.6) is 0 Å². The predicted octanol–water partition coefficient (Wildman–Crippen LogP) is 3.38. The van der Waals surface area contributed by atoms with E-state index in [1.807, 2.05) is 35.8 Å². The minimum Gasteiger partial charge on any atom is -0.322 e. The summed E-state index contributed by atoms with van der Waals surface area (Å²) < 4.78 is 15.5. The first-order valence-corrected chi connectivity index (χ1v) is 7.17. The van der Waals surface area contributed by atoms with Gasteiger partial charge in [0.25, 0.3) is 0 Å². The number of hydrogen-bond acceptors (Lipinski definition) is 2. The van der Waals surface area contributed by atoms with Crippen molar-refractivity contribution in [1.29, 1.82) is 0 Å².